The van der Waals surface area contributed by atoms with Gasteiger partial charge in [0.2, 0.25) is 5.95 Å². The third-order valence-electron chi connectivity index (χ3n) is 2.68. The monoisotopic (exact) mass is 276 g/mol. The Balaban J connectivity index is 2.21. The topological polar surface area (TPSA) is 49.8 Å². The average Bonchev–Trinajstić information content (AvgIpc) is 2.42. The van der Waals surface area contributed by atoms with Crippen molar-refractivity contribution in [2.24, 2.45) is 0 Å². The maximum atomic E-state index is 6.12. The summed E-state index contributed by atoms with van der Waals surface area (Å²) in [6.07, 6.45) is 2.62. The number of halogens is 1. The first kappa shape index (κ1) is 13.6. The van der Waals surface area contributed by atoms with Gasteiger partial charge in [0.1, 0.15) is 5.02 Å². The van der Waals surface area contributed by atoms with Crippen molar-refractivity contribution in [3.05, 3.63) is 41.0 Å². The molecule has 2 N–H and O–H groups in total. The molecule has 0 saturated carbocycles. The number of para-hydroxylation sites is 1. The van der Waals surface area contributed by atoms with E-state index in [9.17, 15) is 0 Å². The number of aromatic nitrogens is 2. The molecule has 0 spiro atoms. The minimum atomic E-state index is 0.505. The quantitative estimate of drug-likeness (QED) is 0.866. The summed E-state index contributed by atoms with van der Waals surface area (Å²) in [5.74, 6) is 1.20. The van der Waals surface area contributed by atoms with Gasteiger partial charge in [0.15, 0.2) is 5.82 Å². The first-order chi connectivity index (χ1) is 9.20. The van der Waals surface area contributed by atoms with Crippen molar-refractivity contribution in [1.29, 1.82) is 0 Å². The summed E-state index contributed by atoms with van der Waals surface area (Å²) in [5.41, 5.74) is 2.13. The Hall–Kier alpha value is -1.81. The van der Waals surface area contributed by atoms with Crippen LogP contribution in [0, 0.1) is 6.92 Å². The van der Waals surface area contributed by atoms with Gasteiger partial charge in [0, 0.05) is 12.2 Å². The van der Waals surface area contributed by atoms with Gasteiger partial charge in [0.05, 0.1) is 6.20 Å². The number of aryl methyl sites for hydroxylation is 1. The smallest absolute Gasteiger partial charge is 0.224 e. The number of hydrogen-bond donors (Lipinski definition) is 2. The predicted molar refractivity (Wildman–Crippen MR) is 80.3 cm³/mol. The van der Waals surface area contributed by atoms with Crippen molar-refractivity contribution in [1.82, 2.24) is 9.97 Å². The zero-order valence-corrected chi connectivity index (χ0v) is 11.8. The molecule has 0 radical (unpaired) electrons. The summed E-state index contributed by atoms with van der Waals surface area (Å²) in [7, 11) is 0. The van der Waals surface area contributed by atoms with Crippen LogP contribution in [0.25, 0.3) is 0 Å². The Morgan fingerprint density at radius 3 is 2.79 bits per heavy atom. The highest BCUT2D eigenvalue weighted by molar-refractivity contribution is 6.32. The van der Waals surface area contributed by atoms with Gasteiger partial charge in [-0.05, 0) is 25.0 Å². The van der Waals surface area contributed by atoms with Crippen LogP contribution in [-0.2, 0) is 0 Å². The van der Waals surface area contributed by atoms with Crippen LogP contribution in [0.3, 0.4) is 0 Å². The molecule has 0 fully saturated rings. The molecule has 4 nitrogen and oxygen atoms in total. The SMILES string of the molecule is CCCNc1ncc(Cl)c(Nc2ccccc2C)n1. The average molecular weight is 277 g/mol. The second-order valence-corrected chi connectivity index (χ2v) is 4.66. The Morgan fingerprint density at radius 1 is 1.26 bits per heavy atom. The maximum Gasteiger partial charge on any atom is 0.224 e. The van der Waals surface area contributed by atoms with E-state index >= 15 is 0 Å². The Kier molecular flexibility index (Phi) is 4.58. The van der Waals surface area contributed by atoms with Gasteiger partial charge in [-0.25, -0.2) is 4.98 Å². The fourth-order valence-corrected chi connectivity index (χ4v) is 1.76. The first-order valence-electron chi connectivity index (χ1n) is 6.29. The van der Waals surface area contributed by atoms with Crippen LogP contribution in [0.5, 0.6) is 0 Å². The largest absolute Gasteiger partial charge is 0.354 e. The van der Waals surface area contributed by atoms with Gasteiger partial charge in [-0.2, -0.15) is 4.98 Å². The first-order valence-corrected chi connectivity index (χ1v) is 6.67. The number of hydrogen-bond acceptors (Lipinski definition) is 4. The van der Waals surface area contributed by atoms with Gasteiger partial charge in [-0.1, -0.05) is 36.7 Å². The van der Waals surface area contributed by atoms with Crippen LogP contribution in [0.4, 0.5) is 17.5 Å². The van der Waals surface area contributed by atoms with E-state index in [4.69, 9.17) is 11.6 Å². The van der Waals surface area contributed by atoms with Crippen molar-refractivity contribution >= 4 is 29.1 Å². The van der Waals surface area contributed by atoms with E-state index in [2.05, 4.69) is 27.5 Å². The van der Waals surface area contributed by atoms with E-state index in [0.29, 0.717) is 16.8 Å². The predicted octanol–water partition coefficient (Wildman–Crippen LogP) is 4.00. The zero-order chi connectivity index (χ0) is 13.7. The molecule has 1 aromatic heterocycles. The van der Waals surface area contributed by atoms with Crippen LogP contribution in [0.2, 0.25) is 5.02 Å². The number of benzene rings is 1. The fraction of sp³-hybridized carbons (Fsp3) is 0.286. The van der Waals surface area contributed by atoms with E-state index in [-0.39, 0.29) is 0 Å². The molecule has 1 aromatic carbocycles. The Bertz CT molecular complexity index is 557. The Labute approximate surface area is 118 Å². The molecule has 0 aliphatic rings. The summed E-state index contributed by atoms with van der Waals surface area (Å²) in [5, 5.41) is 6.88. The molecule has 0 aliphatic carbocycles. The molecule has 0 bridgehead atoms. The van der Waals surface area contributed by atoms with E-state index < -0.39 is 0 Å². The van der Waals surface area contributed by atoms with Gasteiger partial charge in [-0.3, -0.25) is 0 Å². The molecule has 0 amide bonds. The Morgan fingerprint density at radius 2 is 2.05 bits per heavy atom. The van der Waals surface area contributed by atoms with Gasteiger partial charge in [0.25, 0.3) is 0 Å². The van der Waals surface area contributed by atoms with E-state index in [1.807, 2.05) is 31.2 Å². The van der Waals surface area contributed by atoms with Crippen LogP contribution in [-0.4, -0.2) is 16.5 Å². The number of anilines is 3. The molecule has 2 aromatic rings. The normalized spacial score (nSPS) is 10.3. The van der Waals surface area contributed by atoms with Crippen molar-refractivity contribution in [3.8, 4) is 0 Å². The van der Waals surface area contributed by atoms with Gasteiger partial charge < -0.3 is 10.6 Å². The van der Waals surface area contributed by atoms with Crippen molar-refractivity contribution in [2.75, 3.05) is 17.2 Å². The molecule has 0 unspecified atom stereocenters. The van der Waals surface area contributed by atoms with Crippen LogP contribution >= 0.6 is 11.6 Å². The molecule has 5 heteroatoms. The molecule has 100 valence electrons. The van der Waals surface area contributed by atoms with Crippen LogP contribution in [0.15, 0.2) is 30.5 Å². The summed E-state index contributed by atoms with van der Waals surface area (Å²) < 4.78 is 0. The molecular weight excluding hydrogens is 260 g/mol. The van der Waals surface area contributed by atoms with Crippen LogP contribution < -0.4 is 10.6 Å². The summed E-state index contributed by atoms with van der Waals surface area (Å²) in [6.45, 7) is 4.97. The number of nitrogens with zero attached hydrogens (tertiary/aromatic N) is 2. The van der Waals surface area contributed by atoms with Crippen molar-refractivity contribution in [3.63, 3.8) is 0 Å². The van der Waals surface area contributed by atoms with Gasteiger partial charge >= 0.3 is 0 Å². The highest BCUT2D eigenvalue weighted by atomic mass is 35.5. The second kappa shape index (κ2) is 6.38. The lowest BCUT2D eigenvalue weighted by molar-refractivity contribution is 0.953. The molecule has 0 atom stereocenters. The lowest BCUT2D eigenvalue weighted by Crippen LogP contribution is -2.06. The minimum Gasteiger partial charge on any atom is -0.354 e. The maximum absolute atomic E-state index is 6.12. The highest BCUT2D eigenvalue weighted by Gasteiger charge is 2.06. The van der Waals surface area contributed by atoms with Crippen molar-refractivity contribution in [2.45, 2.75) is 20.3 Å². The number of rotatable bonds is 5. The van der Waals surface area contributed by atoms with Gasteiger partial charge in [-0.15, -0.1) is 0 Å². The minimum absolute atomic E-state index is 0.505. The number of nitrogens with one attached hydrogen (secondary N) is 2. The van der Waals surface area contributed by atoms with E-state index in [1.54, 1.807) is 6.20 Å². The summed E-state index contributed by atoms with van der Waals surface area (Å²) in [6, 6.07) is 8.00. The molecule has 1 heterocycles. The second-order valence-electron chi connectivity index (χ2n) is 4.26. The molecule has 0 saturated heterocycles. The molecule has 2 rings (SSSR count). The zero-order valence-electron chi connectivity index (χ0n) is 11.1. The van der Waals surface area contributed by atoms with E-state index in [0.717, 1.165) is 24.2 Å². The third kappa shape index (κ3) is 3.58. The fourth-order valence-electron chi connectivity index (χ4n) is 1.62. The van der Waals surface area contributed by atoms with Crippen LogP contribution in [0.1, 0.15) is 18.9 Å². The third-order valence-corrected chi connectivity index (χ3v) is 2.95. The van der Waals surface area contributed by atoms with Crippen molar-refractivity contribution < 1.29 is 0 Å². The highest BCUT2D eigenvalue weighted by Crippen LogP contribution is 2.25. The summed E-state index contributed by atoms with van der Waals surface area (Å²) >= 11 is 6.12. The molecule has 19 heavy (non-hydrogen) atoms. The lowest BCUT2D eigenvalue weighted by atomic mass is 10.2. The molecular formula is C14H17ClN4. The van der Waals surface area contributed by atoms with E-state index in [1.165, 1.54) is 0 Å². The standard InChI is InChI=1S/C14H17ClN4/c1-3-8-16-14-17-9-11(15)13(19-14)18-12-7-5-4-6-10(12)2/h4-7,9H,3,8H2,1-2H3,(H2,16,17,18,19). The lowest BCUT2D eigenvalue weighted by Gasteiger charge is -2.11. The summed E-state index contributed by atoms with van der Waals surface area (Å²) in [4.78, 5) is 8.53. The molecule has 0 aliphatic heterocycles.